The molecule has 6 nitrogen and oxygen atoms in total. The van der Waals surface area contributed by atoms with Crippen LogP contribution in [0.2, 0.25) is 0 Å². The second-order valence-corrected chi connectivity index (χ2v) is 6.60. The topological polar surface area (TPSA) is 90.8 Å². The molecule has 2 bridgehead atoms. The van der Waals surface area contributed by atoms with E-state index in [0.717, 1.165) is 6.92 Å². The van der Waals surface area contributed by atoms with Gasteiger partial charge >= 0.3 is 6.03 Å². The zero-order valence-electron chi connectivity index (χ0n) is 13.7. The van der Waals surface area contributed by atoms with Crippen molar-refractivity contribution in [3.8, 4) is 17.2 Å². The first-order chi connectivity index (χ1) is 12.2. The van der Waals surface area contributed by atoms with Crippen molar-refractivity contribution in [1.82, 2.24) is 10.6 Å². The predicted octanol–water partition coefficient (Wildman–Crippen LogP) is 3.20. The van der Waals surface area contributed by atoms with Crippen molar-refractivity contribution in [3.63, 3.8) is 0 Å². The van der Waals surface area contributed by atoms with Gasteiger partial charge in [-0.1, -0.05) is 24.3 Å². The summed E-state index contributed by atoms with van der Waals surface area (Å²) >= 11 is 0. The number of amides is 2. The first-order valence-corrected chi connectivity index (χ1v) is 8.01. The molecule has 26 heavy (non-hydrogen) atoms. The highest BCUT2D eigenvalue weighted by Crippen LogP contribution is 2.51. The number of hydrogen-bond donors (Lipinski definition) is 4. The van der Waals surface area contributed by atoms with E-state index in [1.54, 1.807) is 6.07 Å². The number of urea groups is 1. The number of ether oxygens (including phenoxy) is 1. The van der Waals surface area contributed by atoms with Gasteiger partial charge in [-0.05, 0) is 12.1 Å². The Morgan fingerprint density at radius 3 is 2.54 bits per heavy atom. The van der Waals surface area contributed by atoms with Gasteiger partial charge in [0.15, 0.2) is 11.5 Å². The van der Waals surface area contributed by atoms with Crippen LogP contribution in [0.15, 0.2) is 36.4 Å². The lowest BCUT2D eigenvalue weighted by Gasteiger charge is -2.46. The van der Waals surface area contributed by atoms with Crippen LogP contribution in [-0.2, 0) is 11.6 Å². The number of carbonyl (C=O) groups is 1. The van der Waals surface area contributed by atoms with Gasteiger partial charge in [0.05, 0.1) is 6.04 Å². The molecule has 2 amide bonds. The van der Waals surface area contributed by atoms with Crippen LogP contribution in [0, 0.1) is 0 Å². The van der Waals surface area contributed by atoms with E-state index in [9.17, 15) is 23.8 Å². The van der Waals surface area contributed by atoms with Crippen LogP contribution >= 0.6 is 0 Å². The van der Waals surface area contributed by atoms with E-state index in [2.05, 4.69) is 10.6 Å². The van der Waals surface area contributed by atoms with Crippen molar-refractivity contribution in [1.29, 1.82) is 0 Å². The Balaban J connectivity index is 1.82. The summed E-state index contributed by atoms with van der Waals surface area (Å²) in [4.78, 5) is 12.1. The number of rotatable bonds is 2. The van der Waals surface area contributed by atoms with Crippen molar-refractivity contribution >= 4 is 6.03 Å². The quantitative estimate of drug-likeness (QED) is 0.618. The lowest BCUT2D eigenvalue weighted by atomic mass is 9.85. The van der Waals surface area contributed by atoms with E-state index in [4.69, 9.17) is 4.74 Å². The molecule has 2 aromatic rings. The third-order valence-electron chi connectivity index (χ3n) is 4.76. The number of fused-ring (bicyclic) bond motifs is 4. The van der Waals surface area contributed by atoms with Crippen LogP contribution < -0.4 is 15.4 Å². The number of phenolic OH excluding ortho intramolecular Hbond substituents is 2. The smallest absolute Gasteiger partial charge is 0.318 e. The van der Waals surface area contributed by atoms with Gasteiger partial charge in [-0.15, -0.1) is 0 Å². The molecule has 0 aliphatic carbocycles. The zero-order valence-corrected chi connectivity index (χ0v) is 13.7. The Morgan fingerprint density at radius 2 is 1.88 bits per heavy atom. The van der Waals surface area contributed by atoms with Crippen LogP contribution in [0.5, 0.6) is 17.2 Å². The number of carbonyl (C=O) groups excluding carboxylic acids is 1. The Bertz CT molecular complexity index is 895. The summed E-state index contributed by atoms with van der Waals surface area (Å²) < 4.78 is 32.8. The van der Waals surface area contributed by atoms with E-state index in [1.165, 1.54) is 30.3 Å². The molecule has 4 rings (SSSR count). The van der Waals surface area contributed by atoms with Gasteiger partial charge in [-0.3, -0.25) is 5.32 Å². The molecular weight excluding hydrogens is 346 g/mol. The van der Waals surface area contributed by atoms with Crippen LogP contribution in [0.1, 0.15) is 36.1 Å². The Labute approximate surface area is 147 Å². The molecule has 0 spiro atoms. The number of benzene rings is 2. The molecule has 2 aliphatic heterocycles. The van der Waals surface area contributed by atoms with Gasteiger partial charge in [0.1, 0.15) is 0 Å². The van der Waals surface area contributed by atoms with Gasteiger partial charge in [0.25, 0.3) is 5.92 Å². The summed E-state index contributed by atoms with van der Waals surface area (Å²) in [6.45, 7) is 0.802. The Hall–Kier alpha value is -3.03. The number of halogens is 2. The van der Waals surface area contributed by atoms with Crippen molar-refractivity contribution in [2.45, 2.75) is 31.0 Å². The first-order valence-electron chi connectivity index (χ1n) is 8.01. The van der Waals surface area contributed by atoms with E-state index >= 15 is 0 Å². The summed E-state index contributed by atoms with van der Waals surface area (Å²) in [7, 11) is 0. The van der Waals surface area contributed by atoms with Crippen LogP contribution in [0.25, 0.3) is 0 Å². The van der Waals surface area contributed by atoms with E-state index in [-0.39, 0.29) is 23.5 Å². The molecule has 0 radical (unpaired) electrons. The highest BCUT2D eigenvalue weighted by molar-refractivity contribution is 5.78. The van der Waals surface area contributed by atoms with Crippen LogP contribution in [-0.4, -0.2) is 16.2 Å². The third kappa shape index (κ3) is 2.40. The SMILES string of the molecule is CC(F)(F)c1ccc(C23CC(NC(=O)N2)c2ccc(O)c(O)c2O3)cc1. The lowest BCUT2D eigenvalue weighted by molar-refractivity contribution is -0.0122. The van der Waals surface area contributed by atoms with Gasteiger partial charge in [0.2, 0.25) is 11.5 Å². The number of nitrogens with one attached hydrogen (secondary N) is 2. The molecule has 2 heterocycles. The molecule has 8 heteroatoms. The summed E-state index contributed by atoms with van der Waals surface area (Å²) in [5.74, 6) is -3.74. The molecule has 0 saturated carbocycles. The standard InChI is InChI=1S/C18H16F2N2O4/c1-17(19,20)9-2-4-10(5-3-9)18-8-12(21-16(25)22-18)11-6-7-13(23)14(24)15(11)26-18/h2-7,12,23-24H,8H2,1H3,(H2,21,22,25). The molecule has 0 aromatic heterocycles. The lowest BCUT2D eigenvalue weighted by Crippen LogP contribution is -2.62. The maximum Gasteiger partial charge on any atom is 0.318 e. The highest BCUT2D eigenvalue weighted by atomic mass is 19.3. The van der Waals surface area contributed by atoms with Gasteiger partial charge in [-0.2, -0.15) is 0 Å². The minimum atomic E-state index is -2.99. The maximum absolute atomic E-state index is 13.5. The number of phenols is 2. The number of aromatic hydroxyl groups is 2. The van der Waals surface area contributed by atoms with Crippen LogP contribution in [0.4, 0.5) is 13.6 Å². The van der Waals surface area contributed by atoms with E-state index in [1.807, 2.05) is 0 Å². The first kappa shape index (κ1) is 16.4. The molecule has 2 aliphatic rings. The Kier molecular flexibility index (Phi) is 3.31. The molecule has 2 atom stereocenters. The largest absolute Gasteiger partial charge is 0.504 e. The number of alkyl halides is 2. The van der Waals surface area contributed by atoms with Gasteiger partial charge in [-0.25, -0.2) is 13.6 Å². The summed E-state index contributed by atoms with van der Waals surface area (Å²) in [5, 5.41) is 25.3. The molecular formula is C18H16F2N2O4. The number of hydrogen-bond acceptors (Lipinski definition) is 4. The minimum absolute atomic E-state index is 0.0404. The van der Waals surface area contributed by atoms with Crippen molar-refractivity contribution < 1.29 is 28.5 Å². The molecule has 2 unspecified atom stereocenters. The monoisotopic (exact) mass is 362 g/mol. The molecule has 4 N–H and O–H groups in total. The summed E-state index contributed by atoms with van der Waals surface area (Å²) in [5.41, 5.74) is -0.514. The Morgan fingerprint density at radius 1 is 1.19 bits per heavy atom. The molecule has 1 saturated heterocycles. The fraction of sp³-hybridized carbons (Fsp3) is 0.278. The van der Waals surface area contributed by atoms with Gasteiger partial charge in [0, 0.05) is 30.0 Å². The van der Waals surface area contributed by atoms with Crippen molar-refractivity contribution in [3.05, 3.63) is 53.1 Å². The molecule has 1 fully saturated rings. The fourth-order valence-electron chi connectivity index (χ4n) is 3.44. The minimum Gasteiger partial charge on any atom is -0.504 e. The van der Waals surface area contributed by atoms with E-state index in [0.29, 0.717) is 11.1 Å². The average Bonchev–Trinajstić information content (AvgIpc) is 2.57. The summed E-state index contributed by atoms with van der Waals surface area (Å²) in [6, 6.07) is 7.39. The summed E-state index contributed by atoms with van der Waals surface area (Å²) in [6.07, 6.45) is 0.290. The second kappa shape index (κ2) is 5.23. The maximum atomic E-state index is 13.5. The third-order valence-corrected chi connectivity index (χ3v) is 4.76. The average molecular weight is 362 g/mol. The molecule has 2 aromatic carbocycles. The zero-order chi connectivity index (χ0) is 18.7. The van der Waals surface area contributed by atoms with Crippen molar-refractivity contribution in [2.75, 3.05) is 0 Å². The van der Waals surface area contributed by atoms with E-state index < -0.39 is 29.5 Å². The highest BCUT2D eigenvalue weighted by Gasteiger charge is 2.49. The fourth-order valence-corrected chi connectivity index (χ4v) is 3.44. The normalized spacial score (nSPS) is 24.1. The predicted molar refractivity (Wildman–Crippen MR) is 87.1 cm³/mol. The van der Waals surface area contributed by atoms with Gasteiger partial charge < -0.3 is 20.3 Å². The van der Waals surface area contributed by atoms with Crippen molar-refractivity contribution in [2.24, 2.45) is 0 Å². The second-order valence-electron chi connectivity index (χ2n) is 6.60. The molecule has 136 valence electrons. The van der Waals surface area contributed by atoms with Crippen LogP contribution in [0.3, 0.4) is 0 Å².